The molecule has 0 unspecified atom stereocenters. The van der Waals surface area contributed by atoms with Gasteiger partial charge < -0.3 is 0 Å². The van der Waals surface area contributed by atoms with Crippen molar-refractivity contribution in [3.05, 3.63) is 47.1 Å². The molecule has 0 radical (unpaired) electrons. The molecule has 92 valence electrons. The van der Waals surface area contributed by atoms with E-state index in [1.807, 2.05) is 0 Å². The molecule has 0 heteroatoms. The minimum absolute atomic E-state index is 0.202. The maximum atomic E-state index is 2.43. The Morgan fingerprint density at radius 3 is 2.47 bits per heavy atom. The Kier molecular flexibility index (Phi) is 3.42. The van der Waals surface area contributed by atoms with Crippen molar-refractivity contribution in [1.82, 2.24) is 0 Å². The first-order chi connectivity index (χ1) is 8.00. The monoisotopic (exact) mass is 228 g/mol. The van der Waals surface area contributed by atoms with Gasteiger partial charge in [0.25, 0.3) is 0 Å². The van der Waals surface area contributed by atoms with Crippen molar-refractivity contribution in [1.29, 1.82) is 0 Å². The largest absolute Gasteiger partial charge is 0.0811 e. The normalized spacial score (nSPS) is 25.2. The van der Waals surface area contributed by atoms with E-state index in [0.29, 0.717) is 5.92 Å². The van der Waals surface area contributed by atoms with Gasteiger partial charge in [-0.05, 0) is 37.7 Å². The molecule has 0 saturated heterocycles. The van der Waals surface area contributed by atoms with Crippen molar-refractivity contribution < 1.29 is 0 Å². The predicted octanol–water partition coefficient (Wildman–Crippen LogP) is 5.20. The summed E-state index contributed by atoms with van der Waals surface area (Å²) in [6, 6.07) is 0. The van der Waals surface area contributed by atoms with Crippen LogP contribution in [0.2, 0.25) is 0 Å². The Morgan fingerprint density at radius 2 is 1.94 bits per heavy atom. The first-order valence-corrected chi connectivity index (χ1v) is 6.76. The van der Waals surface area contributed by atoms with Crippen LogP contribution >= 0.6 is 0 Å². The molecular formula is C17H24. The highest BCUT2D eigenvalue weighted by atomic mass is 14.3. The van der Waals surface area contributed by atoms with E-state index in [1.165, 1.54) is 30.4 Å². The minimum atomic E-state index is 0.202. The molecule has 2 rings (SSSR count). The van der Waals surface area contributed by atoms with Crippen molar-refractivity contribution in [3.8, 4) is 0 Å². The second-order valence-corrected chi connectivity index (χ2v) is 6.06. The Labute approximate surface area is 106 Å². The van der Waals surface area contributed by atoms with E-state index < -0.39 is 0 Å². The molecule has 0 amide bonds. The molecule has 0 heterocycles. The molecule has 0 saturated carbocycles. The van der Waals surface area contributed by atoms with Crippen molar-refractivity contribution >= 4 is 0 Å². The van der Waals surface area contributed by atoms with Crippen LogP contribution in [0.4, 0.5) is 0 Å². The van der Waals surface area contributed by atoms with Gasteiger partial charge in [0, 0.05) is 5.41 Å². The van der Waals surface area contributed by atoms with Gasteiger partial charge in [-0.25, -0.2) is 0 Å². The average Bonchev–Trinajstić information content (AvgIpc) is 2.30. The van der Waals surface area contributed by atoms with Gasteiger partial charge in [0.15, 0.2) is 0 Å². The third-order valence-corrected chi connectivity index (χ3v) is 4.20. The summed E-state index contributed by atoms with van der Waals surface area (Å²) in [6.07, 6.45) is 15.4. The highest BCUT2D eigenvalue weighted by Gasteiger charge is 2.27. The molecule has 0 bridgehead atoms. The second-order valence-electron chi connectivity index (χ2n) is 6.06. The molecule has 0 spiro atoms. The van der Waals surface area contributed by atoms with Gasteiger partial charge in [0.05, 0.1) is 0 Å². The highest BCUT2D eigenvalue weighted by molar-refractivity contribution is 5.40. The van der Waals surface area contributed by atoms with Crippen LogP contribution < -0.4 is 0 Å². The number of hydrogen-bond donors (Lipinski definition) is 0. The zero-order valence-corrected chi connectivity index (χ0v) is 11.6. The van der Waals surface area contributed by atoms with Gasteiger partial charge in [0.1, 0.15) is 0 Å². The van der Waals surface area contributed by atoms with Gasteiger partial charge in [-0.1, -0.05) is 62.3 Å². The van der Waals surface area contributed by atoms with Gasteiger partial charge >= 0.3 is 0 Å². The fraction of sp³-hybridized carbons (Fsp3) is 0.529. The van der Waals surface area contributed by atoms with Crippen LogP contribution in [0.3, 0.4) is 0 Å². The molecule has 17 heavy (non-hydrogen) atoms. The Hall–Kier alpha value is -1.04. The van der Waals surface area contributed by atoms with Crippen LogP contribution in [0.1, 0.15) is 47.0 Å². The fourth-order valence-corrected chi connectivity index (χ4v) is 2.64. The summed E-state index contributed by atoms with van der Waals surface area (Å²) in [5.41, 5.74) is 4.78. The molecule has 0 nitrogen and oxygen atoms in total. The third-order valence-electron chi connectivity index (χ3n) is 4.20. The molecule has 1 atom stereocenters. The Balaban J connectivity index is 2.22. The van der Waals surface area contributed by atoms with Gasteiger partial charge in [-0.2, -0.15) is 0 Å². The summed E-state index contributed by atoms with van der Waals surface area (Å²) in [5, 5.41) is 0. The van der Waals surface area contributed by atoms with E-state index in [4.69, 9.17) is 0 Å². The summed E-state index contributed by atoms with van der Waals surface area (Å²) in [6.45, 7) is 9.23. The first-order valence-electron chi connectivity index (χ1n) is 6.76. The van der Waals surface area contributed by atoms with E-state index in [9.17, 15) is 0 Å². The maximum absolute atomic E-state index is 2.43. The number of allylic oxidation sites excluding steroid dienone is 8. The standard InChI is InChI=1S/C17H24/c1-13-5-9-15(10-6-13)17(3,4)16-11-7-14(2)8-12-16/h5,7,9-11,13H,6,8,12H2,1-4H3/t13-/m1/s1. The van der Waals surface area contributed by atoms with Crippen LogP contribution in [0.5, 0.6) is 0 Å². The van der Waals surface area contributed by atoms with Gasteiger partial charge in [-0.3, -0.25) is 0 Å². The summed E-state index contributed by atoms with van der Waals surface area (Å²) in [7, 11) is 0. The van der Waals surface area contributed by atoms with Crippen LogP contribution in [-0.4, -0.2) is 0 Å². The highest BCUT2D eigenvalue weighted by Crippen LogP contribution is 2.41. The van der Waals surface area contributed by atoms with E-state index in [2.05, 4.69) is 58.1 Å². The summed E-state index contributed by atoms with van der Waals surface area (Å²) >= 11 is 0. The lowest BCUT2D eigenvalue weighted by molar-refractivity contribution is 0.513. The SMILES string of the molecule is CC1=CC=C(C(C)(C)C2=CC[C@H](C)C=C2)CC1. The van der Waals surface area contributed by atoms with Crippen LogP contribution in [-0.2, 0) is 0 Å². The predicted molar refractivity (Wildman–Crippen MR) is 75.9 cm³/mol. The Morgan fingerprint density at radius 1 is 1.18 bits per heavy atom. The zero-order valence-electron chi connectivity index (χ0n) is 11.6. The van der Waals surface area contributed by atoms with Crippen molar-refractivity contribution in [3.63, 3.8) is 0 Å². The molecule has 2 aliphatic rings. The molecule has 0 aromatic heterocycles. The minimum Gasteiger partial charge on any atom is -0.0811 e. The average molecular weight is 228 g/mol. The lowest BCUT2D eigenvalue weighted by atomic mass is 9.72. The van der Waals surface area contributed by atoms with E-state index >= 15 is 0 Å². The van der Waals surface area contributed by atoms with Crippen molar-refractivity contribution in [2.24, 2.45) is 11.3 Å². The van der Waals surface area contributed by atoms with Gasteiger partial charge in [-0.15, -0.1) is 0 Å². The molecule has 0 N–H and O–H groups in total. The van der Waals surface area contributed by atoms with Gasteiger partial charge in [0.2, 0.25) is 0 Å². The second kappa shape index (κ2) is 4.68. The molecule has 0 aromatic rings. The fourth-order valence-electron chi connectivity index (χ4n) is 2.64. The maximum Gasteiger partial charge on any atom is 0.0105 e. The van der Waals surface area contributed by atoms with E-state index in [1.54, 1.807) is 5.57 Å². The van der Waals surface area contributed by atoms with Crippen LogP contribution in [0.25, 0.3) is 0 Å². The van der Waals surface area contributed by atoms with Crippen LogP contribution in [0.15, 0.2) is 47.1 Å². The van der Waals surface area contributed by atoms with E-state index in [0.717, 1.165) is 0 Å². The molecular weight excluding hydrogens is 204 g/mol. The lowest BCUT2D eigenvalue weighted by Crippen LogP contribution is -2.19. The van der Waals surface area contributed by atoms with Crippen LogP contribution in [0, 0.1) is 11.3 Å². The topological polar surface area (TPSA) is 0 Å². The lowest BCUT2D eigenvalue weighted by Gasteiger charge is -2.33. The molecule has 0 aliphatic heterocycles. The molecule has 2 aliphatic carbocycles. The Bertz CT molecular complexity index is 413. The summed E-state index contributed by atoms with van der Waals surface area (Å²) < 4.78 is 0. The van der Waals surface area contributed by atoms with Crippen molar-refractivity contribution in [2.75, 3.05) is 0 Å². The summed E-state index contributed by atoms with van der Waals surface area (Å²) in [4.78, 5) is 0. The first kappa shape index (κ1) is 12.4. The van der Waals surface area contributed by atoms with Crippen molar-refractivity contribution in [2.45, 2.75) is 47.0 Å². The number of rotatable bonds is 2. The third kappa shape index (κ3) is 2.62. The number of hydrogen-bond acceptors (Lipinski definition) is 0. The smallest absolute Gasteiger partial charge is 0.0105 e. The van der Waals surface area contributed by atoms with E-state index in [-0.39, 0.29) is 5.41 Å². The zero-order chi connectivity index (χ0) is 12.5. The summed E-state index contributed by atoms with van der Waals surface area (Å²) in [5.74, 6) is 0.706. The quantitative estimate of drug-likeness (QED) is 0.609. The molecule has 0 aromatic carbocycles. The molecule has 0 fully saturated rings.